The molecule has 1 spiro atoms. The van der Waals surface area contributed by atoms with E-state index in [1.165, 1.54) is 6.42 Å². The van der Waals surface area contributed by atoms with Crippen LogP contribution in [-0.4, -0.2) is 48.4 Å². The van der Waals surface area contributed by atoms with Gasteiger partial charge < -0.3 is 14.5 Å². The maximum absolute atomic E-state index is 13.3. The molecule has 0 bridgehead atoms. The van der Waals surface area contributed by atoms with E-state index in [1.54, 1.807) is 7.11 Å². The van der Waals surface area contributed by atoms with Crippen molar-refractivity contribution in [1.29, 1.82) is 0 Å². The van der Waals surface area contributed by atoms with Crippen molar-refractivity contribution in [2.24, 2.45) is 11.3 Å². The number of carbonyl (C=O) groups excluding carboxylic acids is 2. The maximum Gasteiger partial charge on any atom is 0.230 e. The molecule has 0 radical (unpaired) electrons. The first-order valence-electron chi connectivity index (χ1n) is 9.82. The van der Waals surface area contributed by atoms with Gasteiger partial charge in [0.25, 0.3) is 0 Å². The van der Waals surface area contributed by atoms with Crippen LogP contribution in [-0.2, 0) is 16.1 Å². The highest BCUT2D eigenvalue weighted by molar-refractivity contribution is 5.86. The van der Waals surface area contributed by atoms with E-state index in [0.717, 1.165) is 56.5 Å². The summed E-state index contributed by atoms with van der Waals surface area (Å²) in [5, 5.41) is 0. The Morgan fingerprint density at radius 3 is 2.81 bits per heavy atom. The normalized spacial score (nSPS) is 26.3. The van der Waals surface area contributed by atoms with Gasteiger partial charge in [0, 0.05) is 32.1 Å². The lowest BCUT2D eigenvalue weighted by Crippen LogP contribution is -2.50. The molecule has 0 N–H and O–H groups in total. The van der Waals surface area contributed by atoms with E-state index in [0.29, 0.717) is 13.1 Å². The van der Waals surface area contributed by atoms with Gasteiger partial charge >= 0.3 is 0 Å². The van der Waals surface area contributed by atoms with Crippen molar-refractivity contribution in [2.75, 3.05) is 26.7 Å². The molecule has 1 aromatic carbocycles. The van der Waals surface area contributed by atoms with Crippen LogP contribution in [0.25, 0.3) is 0 Å². The summed E-state index contributed by atoms with van der Waals surface area (Å²) in [6, 6.07) is 7.92. The van der Waals surface area contributed by atoms with Gasteiger partial charge in [0.05, 0.1) is 12.5 Å². The Kier molecular flexibility index (Phi) is 4.63. The van der Waals surface area contributed by atoms with Gasteiger partial charge in [-0.2, -0.15) is 0 Å². The van der Waals surface area contributed by atoms with Gasteiger partial charge in [-0.15, -0.1) is 0 Å². The first-order chi connectivity index (χ1) is 12.6. The van der Waals surface area contributed by atoms with Gasteiger partial charge in [0.1, 0.15) is 5.75 Å². The van der Waals surface area contributed by atoms with Crippen LogP contribution < -0.4 is 4.74 Å². The predicted molar refractivity (Wildman–Crippen MR) is 98.6 cm³/mol. The number of nitrogens with zero attached hydrogens (tertiary/aromatic N) is 2. The lowest BCUT2D eigenvalue weighted by Gasteiger charge is -2.39. The summed E-state index contributed by atoms with van der Waals surface area (Å²) in [5.74, 6) is 1.55. The number of amides is 2. The number of carbonyl (C=O) groups is 2. The van der Waals surface area contributed by atoms with Crippen LogP contribution in [0.4, 0.5) is 0 Å². The third kappa shape index (κ3) is 3.08. The van der Waals surface area contributed by atoms with Crippen molar-refractivity contribution in [3.8, 4) is 5.75 Å². The van der Waals surface area contributed by atoms with Crippen LogP contribution in [0.15, 0.2) is 24.3 Å². The van der Waals surface area contributed by atoms with Crippen molar-refractivity contribution in [3.63, 3.8) is 0 Å². The Labute approximate surface area is 155 Å². The Balaban J connectivity index is 1.45. The monoisotopic (exact) mass is 356 g/mol. The fourth-order valence-corrected chi connectivity index (χ4v) is 4.65. The van der Waals surface area contributed by atoms with Crippen LogP contribution in [0.1, 0.15) is 44.1 Å². The molecule has 5 nitrogen and oxygen atoms in total. The Morgan fingerprint density at radius 2 is 2.08 bits per heavy atom. The van der Waals surface area contributed by atoms with Gasteiger partial charge in [-0.25, -0.2) is 0 Å². The van der Waals surface area contributed by atoms with E-state index in [9.17, 15) is 9.59 Å². The first kappa shape index (κ1) is 17.4. The molecule has 1 aromatic rings. The minimum atomic E-state index is -0.351. The minimum absolute atomic E-state index is 0.219. The lowest BCUT2D eigenvalue weighted by molar-refractivity contribution is -0.147. The molecule has 2 aliphatic heterocycles. The summed E-state index contributed by atoms with van der Waals surface area (Å²) in [6.45, 7) is 2.78. The molecule has 5 heteroatoms. The van der Waals surface area contributed by atoms with Crippen molar-refractivity contribution < 1.29 is 14.3 Å². The van der Waals surface area contributed by atoms with E-state index in [-0.39, 0.29) is 23.1 Å². The molecule has 1 saturated carbocycles. The minimum Gasteiger partial charge on any atom is -0.497 e. The van der Waals surface area contributed by atoms with Gasteiger partial charge in [0.15, 0.2) is 0 Å². The zero-order valence-corrected chi connectivity index (χ0v) is 15.6. The number of piperidine rings is 1. The van der Waals surface area contributed by atoms with Gasteiger partial charge in [-0.3, -0.25) is 9.59 Å². The van der Waals surface area contributed by atoms with E-state index in [1.807, 2.05) is 34.1 Å². The highest BCUT2D eigenvalue weighted by Gasteiger charge is 2.50. The summed E-state index contributed by atoms with van der Waals surface area (Å²) in [4.78, 5) is 29.8. The predicted octanol–water partition coefficient (Wildman–Crippen LogP) is 2.84. The fourth-order valence-electron chi connectivity index (χ4n) is 4.65. The van der Waals surface area contributed by atoms with E-state index in [2.05, 4.69) is 0 Å². The van der Waals surface area contributed by atoms with Gasteiger partial charge in [0.2, 0.25) is 11.8 Å². The summed E-state index contributed by atoms with van der Waals surface area (Å²) >= 11 is 0. The Hall–Kier alpha value is -2.04. The molecule has 0 aromatic heterocycles. The molecule has 3 aliphatic rings. The standard InChI is InChI=1S/C21H28N2O3/c1-26-18-8-2-5-16(13-18)14-22-11-4-9-21(20(22)25)10-12-23(15-21)19(24)17-6-3-7-17/h2,5,8,13,17H,3-4,6-7,9-12,14-15H2,1H3. The second-order valence-electron chi connectivity index (χ2n) is 8.10. The summed E-state index contributed by atoms with van der Waals surface area (Å²) in [5.41, 5.74) is 0.742. The van der Waals surface area contributed by atoms with Crippen molar-refractivity contribution in [3.05, 3.63) is 29.8 Å². The number of likely N-dealkylation sites (tertiary alicyclic amines) is 2. The SMILES string of the molecule is COc1cccc(CN2CCCC3(CCN(C(=O)C4CCC4)C3)C2=O)c1. The number of benzene rings is 1. The number of hydrogen-bond acceptors (Lipinski definition) is 3. The largest absolute Gasteiger partial charge is 0.497 e. The van der Waals surface area contributed by atoms with Gasteiger partial charge in [-0.05, 0) is 49.8 Å². The molecular formula is C21H28N2O3. The topological polar surface area (TPSA) is 49.9 Å². The zero-order valence-electron chi connectivity index (χ0n) is 15.6. The van der Waals surface area contributed by atoms with Crippen molar-refractivity contribution in [1.82, 2.24) is 9.80 Å². The third-order valence-corrected chi connectivity index (χ3v) is 6.45. The quantitative estimate of drug-likeness (QED) is 0.833. The lowest BCUT2D eigenvalue weighted by atomic mass is 9.78. The molecule has 2 heterocycles. The molecule has 3 fully saturated rings. The maximum atomic E-state index is 13.3. The van der Waals surface area contributed by atoms with E-state index >= 15 is 0 Å². The van der Waals surface area contributed by atoms with Crippen LogP contribution in [0.5, 0.6) is 5.75 Å². The van der Waals surface area contributed by atoms with Crippen LogP contribution >= 0.6 is 0 Å². The summed E-state index contributed by atoms with van der Waals surface area (Å²) in [7, 11) is 1.66. The molecule has 1 unspecified atom stereocenters. The smallest absolute Gasteiger partial charge is 0.230 e. The third-order valence-electron chi connectivity index (χ3n) is 6.45. The molecule has 26 heavy (non-hydrogen) atoms. The number of rotatable bonds is 4. The second-order valence-corrected chi connectivity index (χ2v) is 8.10. The molecule has 2 saturated heterocycles. The highest BCUT2D eigenvalue weighted by atomic mass is 16.5. The number of hydrogen-bond donors (Lipinski definition) is 0. The Bertz CT molecular complexity index is 700. The van der Waals surface area contributed by atoms with Crippen molar-refractivity contribution >= 4 is 11.8 Å². The zero-order chi connectivity index (χ0) is 18.1. The van der Waals surface area contributed by atoms with Gasteiger partial charge in [-0.1, -0.05) is 18.6 Å². The number of methoxy groups -OCH3 is 1. The molecule has 1 aliphatic carbocycles. The average molecular weight is 356 g/mol. The average Bonchev–Trinajstić information content (AvgIpc) is 3.03. The molecule has 2 amide bonds. The van der Waals surface area contributed by atoms with Crippen LogP contribution in [0.3, 0.4) is 0 Å². The molecule has 4 rings (SSSR count). The second kappa shape index (κ2) is 6.93. The van der Waals surface area contributed by atoms with Crippen LogP contribution in [0.2, 0.25) is 0 Å². The molecular weight excluding hydrogens is 328 g/mol. The van der Waals surface area contributed by atoms with E-state index < -0.39 is 0 Å². The molecule has 1 atom stereocenters. The summed E-state index contributed by atoms with van der Waals surface area (Å²) < 4.78 is 5.30. The van der Waals surface area contributed by atoms with Crippen molar-refractivity contribution in [2.45, 2.75) is 45.1 Å². The highest BCUT2D eigenvalue weighted by Crippen LogP contribution is 2.42. The summed E-state index contributed by atoms with van der Waals surface area (Å²) in [6.07, 6.45) is 5.97. The Morgan fingerprint density at radius 1 is 1.23 bits per heavy atom. The number of ether oxygens (including phenoxy) is 1. The molecule has 140 valence electrons. The first-order valence-corrected chi connectivity index (χ1v) is 9.82. The fraction of sp³-hybridized carbons (Fsp3) is 0.619. The van der Waals surface area contributed by atoms with Crippen LogP contribution in [0, 0.1) is 11.3 Å². The van der Waals surface area contributed by atoms with E-state index in [4.69, 9.17) is 4.74 Å².